The molecule has 0 radical (unpaired) electrons. The molecule has 2 heterocycles. The van der Waals surface area contributed by atoms with Crippen LogP contribution >= 0.6 is 0 Å². The number of phenolic OH excluding ortho intramolecular Hbond substituents is 1. The molecule has 1 atom stereocenters. The highest BCUT2D eigenvalue weighted by molar-refractivity contribution is 5.72. The lowest BCUT2D eigenvalue weighted by molar-refractivity contribution is 0.477. The van der Waals surface area contributed by atoms with Crippen molar-refractivity contribution in [1.82, 2.24) is 15.1 Å². The van der Waals surface area contributed by atoms with E-state index in [0.29, 0.717) is 5.75 Å². The number of hydrogen-bond donors (Lipinski definition) is 2. The molecule has 0 aliphatic carbocycles. The summed E-state index contributed by atoms with van der Waals surface area (Å²) < 4.78 is 1.99. The van der Waals surface area contributed by atoms with E-state index < -0.39 is 0 Å². The molecule has 4 rings (SSSR count). The van der Waals surface area contributed by atoms with Crippen molar-refractivity contribution in [1.29, 1.82) is 0 Å². The Hall–Kier alpha value is -2.59. The van der Waals surface area contributed by atoms with Gasteiger partial charge in [-0.3, -0.25) is 0 Å². The minimum atomic E-state index is 0.257. The highest BCUT2D eigenvalue weighted by atomic mass is 16.3. The largest absolute Gasteiger partial charge is 0.507 e. The number of para-hydroxylation sites is 2. The second-order valence-corrected chi connectivity index (χ2v) is 5.86. The van der Waals surface area contributed by atoms with E-state index in [1.165, 1.54) is 0 Å². The predicted molar refractivity (Wildman–Crippen MR) is 90.6 cm³/mol. The van der Waals surface area contributed by atoms with Crippen LogP contribution in [0.4, 0.5) is 0 Å². The van der Waals surface area contributed by atoms with Crippen LogP contribution in [0, 0.1) is 0 Å². The van der Waals surface area contributed by atoms with Gasteiger partial charge in [0, 0.05) is 11.1 Å². The molecule has 116 valence electrons. The lowest BCUT2D eigenvalue weighted by Gasteiger charge is -2.16. The van der Waals surface area contributed by atoms with E-state index in [0.717, 1.165) is 41.9 Å². The summed E-state index contributed by atoms with van der Waals surface area (Å²) in [7, 11) is 0. The smallest absolute Gasteiger partial charge is 0.123 e. The van der Waals surface area contributed by atoms with Gasteiger partial charge in [-0.05, 0) is 37.6 Å². The Kier molecular flexibility index (Phi) is 3.60. The van der Waals surface area contributed by atoms with Crippen LogP contribution in [-0.4, -0.2) is 21.4 Å². The molecule has 0 amide bonds. The Labute approximate surface area is 135 Å². The maximum Gasteiger partial charge on any atom is 0.123 e. The second kappa shape index (κ2) is 5.89. The van der Waals surface area contributed by atoms with Gasteiger partial charge in [-0.2, -0.15) is 5.10 Å². The highest BCUT2D eigenvalue weighted by Gasteiger charge is 2.26. The maximum atomic E-state index is 10.3. The van der Waals surface area contributed by atoms with Crippen molar-refractivity contribution in [3.8, 4) is 22.6 Å². The van der Waals surface area contributed by atoms with Crippen LogP contribution in [0.2, 0.25) is 0 Å². The zero-order valence-corrected chi connectivity index (χ0v) is 12.8. The van der Waals surface area contributed by atoms with Gasteiger partial charge in [-0.15, -0.1) is 0 Å². The van der Waals surface area contributed by atoms with Crippen LogP contribution in [0.1, 0.15) is 24.6 Å². The van der Waals surface area contributed by atoms with Gasteiger partial charge in [0.2, 0.25) is 0 Å². The van der Waals surface area contributed by atoms with Crippen molar-refractivity contribution in [3.05, 3.63) is 66.5 Å². The van der Waals surface area contributed by atoms with Gasteiger partial charge in [-0.25, -0.2) is 4.68 Å². The normalized spacial score (nSPS) is 17.5. The number of hydrogen-bond acceptors (Lipinski definition) is 3. The molecule has 0 saturated carbocycles. The van der Waals surface area contributed by atoms with E-state index in [1.807, 2.05) is 47.3 Å². The standard InChI is InChI=1S/C19H19N3O/c23-18-11-5-4-9-15(18)16-13-21-22(14-7-2-1-3-8-14)19(16)17-10-6-12-20-17/h1-5,7-9,11,13,17,20,23H,6,10,12H2. The van der Waals surface area contributed by atoms with Crippen molar-refractivity contribution in [2.45, 2.75) is 18.9 Å². The molecular formula is C19H19N3O. The molecule has 1 aliphatic heterocycles. The molecule has 4 heteroatoms. The van der Waals surface area contributed by atoms with E-state index in [1.54, 1.807) is 6.07 Å². The predicted octanol–water partition coefficient (Wildman–Crippen LogP) is 3.67. The van der Waals surface area contributed by atoms with E-state index in [-0.39, 0.29) is 6.04 Å². The molecule has 2 aromatic carbocycles. The van der Waals surface area contributed by atoms with Gasteiger partial charge < -0.3 is 10.4 Å². The summed E-state index contributed by atoms with van der Waals surface area (Å²) in [6, 6.07) is 17.9. The van der Waals surface area contributed by atoms with Crippen LogP contribution in [0.5, 0.6) is 5.75 Å². The fraction of sp³-hybridized carbons (Fsp3) is 0.211. The number of nitrogens with zero attached hydrogens (tertiary/aromatic N) is 2. The molecule has 1 aliphatic rings. The Morgan fingerprint density at radius 2 is 1.78 bits per heavy atom. The van der Waals surface area contributed by atoms with Crippen molar-refractivity contribution in [2.75, 3.05) is 6.54 Å². The quantitative estimate of drug-likeness (QED) is 0.776. The molecule has 1 aromatic heterocycles. The monoisotopic (exact) mass is 305 g/mol. The van der Waals surface area contributed by atoms with E-state index >= 15 is 0 Å². The zero-order chi connectivity index (χ0) is 15.6. The number of phenols is 1. The lowest BCUT2D eigenvalue weighted by atomic mass is 10.00. The van der Waals surface area contributed by atoms with E-state index in [4.69, 9.17) is 0 Å². The van der Waals surface area contributed by atoms with Crippen LogP contribution in [0.25, 0.3) is 16.8 Å². The first kappa shape index (κ1) is 14.0. The lowest BCUT2D eigenvalue weighted by Crippen LogP contribution is -2.17. The third kappa shape index (κ3) is 2.51. The highest BCUT2D eigenvalue weighted by Crippen LogP contribution is 2.37. The van der Waals surface area contributed by atoms with Crippen LogP contribution in [0.3, 0.4) is 0 Å². The summed E-state index contributed by atoms with van der Waals surface area (Å²) in [6.07, 6.45) is 4.10. The Morgan fingerprint density at radius 3 is 2.52 bits per heavy atom. The summed E-state index contributed by atoms with van der Waals surface area (Å²) in [5.74, 6) is 0.291. The van der Waals surface area contributed by atoms with Crippen molar-refractivity contribution < 1.29 is 5.11 Å². The van der Waals surface area contributed by atoms with Crippen molar-refractivity contribution in [2.24, 2.45) is 0 Å². The number of nitrogens with one attached hydrogen (secondary N) is 1. The minimum Gasteiger partial charge on any atom is -0.507 e. The Morgan fingerprint density at radius 1 is 1.00 bits per heavy atom. The van der Waals surface area contributed by atoms with Gasteiger partial charge in [0.05, 0.1) is 23.6 Å². The van der Waals surface area contributed by atoms with Gasteiger partial charge in [0.25, 0.3) is 0 Å². The van der Waals surface area contributed by atoms with Gasteiger partial charge in [0.1, 0.15) is 5.75 Å². The molecule has 4 nitrogen and oxygen atoms in total. The zero-order valence-electron chi connectivity index (χ0n) is 12.8. The first-order valence-electron chi connectivity index (χ1n) is 7.99. The topological polar surface area (TPSA) is 50.1 Å². The molecule has 0 bridgehead atoms. The average Bonchev–Trinajstić information content (AvgIpc) is 3.25. The van der Waals surface area contributed by atoms with Crippen LogP contribution < -0.4 is 5.32 Å². The number of aromatic hydroxyl groups is 1. The summed E-state index contributed by atoms with van der Waals surface area (Å²) in [5, 5.41) is 18.4. The van der Waals surface area contributed by atoms with Gasteiger partial charge in [-0.1, -0.05) is 36.4 Å². The molecule has 1 saturated heterocycles. The van der Waals surface area contributed by atoms with Crippen molar-refractivity contribution >= 4 is 0 Å². The maximum absolute atomic E-state index is 10.3. The molecule has 1 unspecified atom stereocenters. The summed E-state index contributed by atoms with van der Waals surface area (Å²) in [4.78, 5) is 0. The first-order valence-corrected chi connectivity index (χ1v) is 7.99. The van der Waals surface area contributed by atoms with E-state index in [9.17, 15) is 5.11 Å². The minimum absolute atomic E-state index is 0.257. The number of aromatic nitrogens is 2. The van der Waals surface area contributed by atoms with Crippen LogP contribution in [0.15, 0.2) is 60.8 Å². The molecule has 0 spiro atoms. The van der Waals surface area contributed by atoms with E-state index in [2.05, 4.69) is 22.5 Å². The SMILES string of the molecule is Oc1ccccc1-c1cnn(-c2ccccc2)c1C1CCCN1. The molecule has 23 heavy (non-hydrogen) atoms. The third-order valence-corrected chi connectivity index (χ3v) is 4.39. The molecule has 1 fully saturated rings. The molecule has 3 aromatic rings. The summed E-state index contributed by atoms with van der Waals surface area (Å²) in [5.41, 5.74) is 3.98. The average molecular weight is 305 g/mol. The van der Waals surface area contributed by atoms with Crippen molar-refractivity contribution in [3.63, 3.8) is 0 Å². The summed E-state index contributed by atoms with van der Waals surface area (Å²) >= 11 is 0. The third-order valence-electron chi connectivity index (χ3n) is 4.39. The number of benzene rings is 2. The molecule has 2 N–H and O–H groups in total. The Bertz CT molecular complexity index is 804. The fourth-order valence-electron chi connectivity index (χ4n) is 3.30. The first-order chi connectivity index (χ1) is 11.3. The summed E-state index contributed by atoms with van der Waals surface area (Å²) in [6.45, 7) is 1.02. The number of rotatable bonds is 3. The second-order valence-electron chi connectivity index (χ2n) is 5.86. The molecular weight excluding hydrogens is 286 g/mol. The Balaban J connectivity index is 1.90. The fourth-order valence-corrected chi connectivity index (χ4v) is 3.30. The van der Waals surface area contributed by atoms with Crippen LogP contribution in [-0.2, 0) is 0 Å². The van der Waals surface area contributed by atoms with Gasteiger partial charge >= 0.3 is 0 Å². The van der Waals surface area contributed by atoms with Gasteiger partial charge in [0.15, 0.2) is 0 Å².